The fraction of sp³-hybridized carbons (Fsp3) is 0.583. The van der Waals surface area contributed by atoms with E-state index >= 15 is 0 Å². The largest absolute Gasteiger partial charge is 0.300 e. The van der Waals surface area contributed by atoms with E-state index < -0.39 is 0 Å². The molecule has 0 bridgehead atoms. The Bertz CT molecular complexity index is 464. The van der Waals surface area contributed by atoms with Gasteiger partial charge in [0.15, 0.2) is 4.34 Å². The molecule has 0 radical (unpaired) electrons. The Morgan fingerprint density at radius 3 is 3.00 bits per heavy atom. The summed E-state index contributed by atoms with van der Waals surface area (Å²) >= 11 is 3.02. The van der Waals surface area contributed by atoms with E-state index in [0.717, 1.165) is 10.1 Å². The van der Waals surface area contributed by atoms with Crippen LogP contribution in [0.2, 0.25) is 0 Å². The van der Waals surface area contributed by atoms with Gasteiger partial charge in [-0.2, -0.15) is 0 Å². The van der Waals surface area contributed by atoms with Gasteiger partial charge in [0.1, 0.15) is 0 Å². The predicted octanol–water partition coefficient (Wildman–Crippen LogP) is 2.80. The molecule has 96 valence electrons. The zero-order chi connectivity index (χ0) is 12.5. The SMILES string of the molecule is C=CCSc1nnc(NC(=O)C2C3CCCC32)s1. The number of hydrogen-bond donors (Lipinski definition) is 1. The zero-order valence-electron chi connectivity index (χ0n) is 9.96. The molecule has 1 amide bonds. The van der Waals surface area contributed by atoms with Crippen LogP contribution in [-0.4, -0.2) is 21.9 Å². The standard InChI is InChI=1S/C12H15N3OS2/c1-2-6-17-12-15-14-11(18-12)13-10(16)9-7-4-3-5-8(7)9/h2,7-9H,1,3-6H2,(H,13,14,16). The number of carbonyl (C=O) groups excluding carboxylic acids is 1. The first-order valence-electron chi connectivity index (χ1n) is 6.17. The van der Waals surface area contributed by atoms with Gasteiger partial charge in [-0.3, -0.25) is 4.79 Å². The van der Waals surface area contributed by atoms with E-state index in [1.165, 1.54) is 30.6 Å². The van der Waals surface area contributed by atoms with Crippen LogP contribution in [-0.2, 0) is 4.79 Å². The third-order valence-electron chi connectivity index (χ3n) is 3.67. The van der Waals surface area contributed by atoms with Gasteiger partial charge in [-0.1, -0.05) is 35.6 Å². The van der Waals surface area contributed by atoms with E-state index in [9.17, 15) is 4.79 Å². The Hall–Kier alpha value is -0.880. The number of anilines is 1. The average Bonchev–Trinajstić information content (AvgIpc) is 2.76. The lowest BCUT2D eigenvalue weighted by atomic mass is 10.1. The minimum absolute atomic E-state index is 0.140. The summed E-state index contributed by atoms with van der Waals surface area (Å²) in [6.45, 7) is 3.66. The summed E-state index contributed by atoms with van der Waals surface area (Å²) in [7, 11) is 0. The Morgan fingerprint density at radius 1 is 1.50 bits per heavy atom. The number of rotatable bonds is 5. The molecule has 4 nitrogen and oxygen atoms in total. The molecule has 1 heterocycles. The lowest BCUT2D eigenvalue weighted by Crippen LogP contribution is -2.16. The van der Waals surface area contributed by atoms with E-state index in [1.54, 1.807) is 11.8 Å². The molecule has 2 aliphatic carbocycles. The molecule has 6 heteroatoms. The normalized spacial score (nSPS) is 28.8. The number of aromatic nitrogens is 2. The van der Waals surface area contributed by atoms with Crippen molar-refractivity contribution in [3.63, 3.8) is 0 Å². The molecule has 3 rings (SSSR count). The topological polar surface area (TPSA) is 54.9 Å². The van der Waals surface area contributed by atoms with Crippen LogP contribution < -0.4 is 5.32 Å². The molecule has 0 saturated heterocycles. The van der Waals surface area contributed by atoms with Crippen molar-refractivity contribution in [2.75, 3.05) is 11.1 Å². The van der Waals surface area contributed by atoms with Gasteiger partial charge in [0, 0.05) is 11.7 Å². The highest BCUT2D eigenvalue weighted by Gasteiger charge is 2.56. The zero-order valence-corrected chi connectivity index (χ0v) is 11.6. The molecule has 0 aromatic carbocycles. The molecule has 2 fully saturated rings. The Labute approximate surface area is 114 Å². The summed E-state index contributed by atoms with van der Waals surface area (Å²) in [6.07, 6.45) is 5.56. The van der Waals surface area contributed by atoms with Crippen LogP contribution >= 0.6 is 23.1 Å². The average molecular weight is 281 g/mol. The van der Waals surface area contributed by atoms with Crippen LogP contribution in [0.5, 0.6) is 0 Å². The summed E-state index contributed by atoms with van der Waals surface area (Å²) < 4.78 is 0.876. The summed E-state index contributed by atoms with van der Waals surface area (Å²) in [6, 6.07) is 0. The number of carbonyl (C=O) groups is 1. The van der Waals surface area contributed by atoms with Gasteiger partial charge in [0.2, 0.25) is 11.0 Å². The monoisotopic (exact) mass is 281 g/mol. The molecule has 1 N–H and O–H groups in total. The quantitative estimate of drug-likeness (QED) is 0.512. The predicted molar refractivity (Wildman–Crippen MR) is 73.8 cm³/mol. The third kappa shape index (κ3) is 2.31. The molecule has 2 aliphatic rings. The summed E-state index contributed by atoms with van der Waals surface area (Å²) in [5, 5.41) is 11.5. The molecular weight excluding hydrogens is 266 g/mol. The van der Waals surface area contributed by atoms with Gasteiger partial charge in [0.25, 0.3) is 0 Å². The van der Waals surface area contributed by atoms with Gasteiger partial charge in [0.05, 0.1) is 0 Å². The first-order valence-corrected chi connectivity index (χ1v) is 7.98. The van der Waals surface area contributed by atoms with Crippen LogP contribution in [0.1, 0.15) is 19.3 Å². The van der Waals surface area contributed by atoms with E-state index in [4.69, 9.17) is 0 Å². The first-order chi connectivity index (χ1) is 8.79. The smallest absolute Gasteiger partial charge is 0.229 e. The molecule has 18 heavy (non-hydrogen) atoms. The second-order valence-corrected chi connectivity index (χ2v) is 6.99. The van der Waals surface area contributed by atoms with Gasteiger partial charge in [-0.25, -0.2) is 0 Å². The molecule has 0 aliphatic heterocycles. The summed E-state index contributed by atoms with van der Waals surface area (Å²) in [5.74, 6) is 2.49. The molecule has 2 atom stereocenters. The number of thioether (sulfide) groups is 1. The molecule has 1 aromatic rings. The van der Waals surface area contributed by atoms with Crippen molar-refractivity contribution < 1.29 is 4.79 Å². The van der Waals surface area contributed by atoms with Gasteiger partial charge in [-0.05, 0) is 24.7 Å². The van der Waals surface area contributed by atoms with Crippen molar-refractivity contribution in [2.24, 2.45) is 17.8 Å². The molecular formula is C12H15N3OS2. The number of fused-ring (bicyclic) bond motifs is 1. The lowest BCUT2D eigenvalue weighted by molar-refractivity contribution is -0.118. The van der Waals surface area contributed by atoms with Crippen LogP contribution in [0.25, 0.3) is 0 Å². The number of nitrogens with one attached hydrogen (secondary N) is 1. The second kappa shape index (κ2) is 5.01. The van der Waals surface area contributed by atoms with Crippen molar-refractivity contribution in [1.82, 2.24) is 10.2 Å². The number of hydrogen-bond acceptors (Lipinski definition) is 5. The number of amides is 1. The first kappa shape index (κ1) is 12.2. The summed E-state index contributed by atoms with van der Waals surface area (Å²) in [4.78, 5) is 12.0. The Morgan fingerprint density at radius 2 is 2.28 bits per heavy atom. The van der Waals surface area contributed by atoms with Gasteiger partial charge >= 0.3 is 0 Å². The van der Waals surface area contributed by atoms with Gasteiger partial charge < -0.3 is 5.32 Å². The fourth-order valence-electron chi connectivity index (χ4n) is 2.85. The molecule has 2 unspecified atom stereocenters. The maximum Gasteiger partial charge on any atom is 0.229 e. The fourth-order valence-corrected chi connectivity index (χ4v) is 4.36. The van der Waals surface area contributed by atoms with E-state index in [-0.39, 0.29) is 11.8 Å². The van der Waals surface area contributed by atoms with Crippen LogP contribution in [0, 0.1) is 17.8 Å². The van der Waals surface area contributed by atoms with Crippen LogP contribution in [0.4, 0.5) is 5.13 Å². The van der Waals surface area contributed by atoms with Crippen LogP contribution in [0.15, 0.2) is 17.0 Å². The lowest BCUT2D eigenvalue weighted by Gasteiger charge is -2.02. The number of nitrogens with zero attached hydrogens (tertiary/aromatic N) is 2. The Kier molecular flexibility index (Phi) is 3.39. The molecule has 0 spiro atoms. The van der Waals surface area contributed by atoms with Gasteiger partial charge in [-0.15, -0.1) is 16.8 Å². The minimum Gasteiger partial charge on any atom is -0.300 e. The van der Waals surface area contributed by atoms with Crippen LogP contribution in [0.3, 0.4) is 0 Å². The van der Waals surface area contributed by atoms with E-state index in [1.807, 2.05) is 6.08 Å². The second-order valence-electron chi connectivity index (χ2n) is 4.75. The third-order valence-corrected chi connectivity index (χ3v) is 5.64. The highest BCUT2D eigenvalue weighted by molar-refractivity contribution is 8.01. The highest BCUT2D eigenvalue weighted by Crippen LogP contribution is 2.57. The highest BCUT2D eigenvalue weighted by atomic mass is 32.2. The van der Waals surface area contributed by atoms with Crippen molar-refractivity contribution in [1.29, 1.82) is 0 Å². The summed E-state index contributed by atoms with van der Waals surface area (Å²) in [5.41, 5.74) is 0. The van der Waals surface area contributed by atoms with Crippen molar-refractivity contribution in [3.05, 3.63) is 12.7 Å². The maximum atomic E-state index is 12.0. The van der Waals surface area contributed by atoms with Crippen molar-refractivity contribution in [2.45, 2.75) is 23.6 Å². The van der Waals surface area contributed by atoms with E-state index in [2.05, 4.69) is 22.1 Å². The minimum atomic E-state index is 0.140. The van der Waals surface area contributed by atoms with Crippen molar-refractivity contribution >= 4 is 34.1 Å². The molecule has 1 aromatic heterocycles. The van der Waals surface area contributed by atoms with E-state index in [0.29, 0.717) is 17.0 Å². The van der Waals surface area contributed by atoms with Crippen molar-refractivity contribution in [3.8, 4) is 0 Å². The Balaban J connectivity index is 1.54. The molecule has 2 saturated carbocycles. The maximum absolute atomic E-state index is 12.0.